The molecule has 1 aromatic carbocycles. The highest BCUT2D eigenvalue weighted by Crippen LogP contribution is 2.18. The van der Waals surface area contributed by atoms with Gasteiger partial charge in [0.1, 0.15) is 6.10 Å². The van der Waals surface area contributed by atoms with Crippen LogP contribution < -0.4 is 10.1 Å². The molecular weight excluding hydrogens is 329 g/mol. The highest BCUT2D eigenvalue weighted by atomic mass is 79.9. The largest absolute Gasteiger partial charge is 0.486 e. The summed E-state index contributed by atoms with van der Waals surface area (Å²) in [6, 6.07) is 7.76. The van der Waals surface area contributed by atoms with Crippen molar-refractivity contribution in [3.05, 3.63) is 52.6 Å². The summed E-state index contributed by atoms with van der Waals surface area (Å²) in [5.41, 5.74) is 0. The molecule has 0 aliphatic heterocycles. The first-order chi connectivity index (χ1) is 9.58. The number of furan rings is 1. The summed E-state index contributed by atoms with van der Waals surface area (Å²) in [4.78, 5) is 11.8. The minimum absolute atomic E-state index is 0.161. The number of para-hydroxylation sites is 1. The van der Waals surface area contributed by atoms with Gasteiger partial charge in [0.15, 0.2) is 11.6 Å². The van der Waals surface area contributed by atoms with E-state index in [9.17, 15) is 9.18 Å². The molecule has 1 N–H and O–H groups in total. The van der Waals surface area contributed by atoms with Gasteiger partial charge in [-0.25, -0.2) is 4.39 Å². The number of amides is 1. The molecule has 1 amide bonds. The van der Waals surface area contributed by atoms with E-state index < -0.39 is 5.82 Å². The number of benzene rings is 1. The number of carbonyl (C=O) groups is 1. The summed E-state index contributed by atoms with van der Waals surface area (Å²) >= 11 is 3.20. The Balaban J connectivity index is 1.87. The smallest absolute Gasteiger partial charge is 0.288 e. The quantitative estimate of drug-likeness (QED) is 0.906. The molecule has 1 atom stereocenters. The van der Waals surface area contributed by atoms with Crippen molar-refractivity contribution in [3.8, 4) is 5.75 Å². The van der Waals surface area contributed by atoms with Gasteiger partial charge in [0.2, 0.25) is 5.76 Å². The average Bonchev–Trinajstić information content (AvgIpc) is 2.85. The second kappa shape index (κ2) is 6.56. The predicted molar refractivity (Wildman–Crippen MR) is 75.2 cm³/mol. The number of ether oxygens (including phenoxy) is 1. The Hall–Kier alpha value is -1.82. The number of hydrogen-bond acceptors (Lipinski definition) is 3. The zero-order chi connectivity index (χ0) is 14.5. The fourth-order valence-corrected chi connectivity index (χ4v) is 1.95. The number of nitrogens with one attached hydrogen (secondary N) is 1. The van der Waals surface area contributed by atoms with Crippen LogP contribution in [0.4, 0.5) is 4.39 Å². The Kier molecular flexibility index (Phi) is 4.79. The molecule has 2 rings (SSSR count). The van der Waals surface area contributed by atoms with E-state index in [-0.39, 0.29) is 30.1 Å². The number of hydrogen-bond donors (Lipinski definition) is 1. The van der Waals surface area contributed by atoms with Crippen LogP contribution in [0.15, 0.2) is 45.5 Å². The van der Waals surface area contributed by atoms with Crippen LogP contribution in [-0.2, 0) is 0 Å². The van der Waals surface area contributed by atoms with Crippen LogP contribution in [0.25, 0.3) is 0 Å². The van der Waals surface area contributed by atoms with Gasteiger partial charge in [-0.3, -0.25) is 4.79 Å². The lowest BCUT2D eigenvalue weighted by Crippen LogP contribution is -2.33. The second-order valence-corrected chi connectivity index (χ2v) is 5.02. The Morgan fingerprint density at radius 2 is 2.20 bits per heavy atom. The Labute approximate surface area is 124 Å². The molecule has 0 saturated heterocycles. The highest BCUT2D eigenvalue weighted by molar-refractivity contribution is 9.10. The molecule has 106 valence electrons. The first-order valence-corrected chi connectivity index (χ1v) is 6.79. The average molecular weight is 342 g/mol. The lowest BCUT2D eigenvalue weighted by molar-refractivity contribution is 0.0902. The molecule has 0 aliphatic rings. The zero-order valence-corrected chi connectivity index (χ0v) is 12.3. The topological polar surface area (TPSA) is 51.5 Å². The standard InChI is InChI=1S/C14H13BrFNO3/c1-9(20-12-5-3-2-4-11(12)16)8-17-14(18)13-10(15)6-7-19-13/h2-7,9H,8H2,1H3,(H,17,18)/t9-/m0/s1. The lowest BCUT2D eigenvalue weighted by Gasteiger charge is -2.15. The zero-order valence-electron chi connectivity index (χ0n) is 10.7. The van der Waals surface area contributed by atoms with Crippen molar-refractivity contribution in [2.45, 2.75) is 13.0 Å². The van der Waals surface area contributed by atoms with Crippen molar-refractivity contribution >= 4 is 21.8 Å². The van der Waals surface area contributed by atoms with E-state index in [2.05, 4.69) is 21.2 Å². The van der Waals surface area contributed by atoms with E-state index in [0.29, 0.717) is 4.47 Å². The molecule has 0 aliphatic carbocycles. The molecule has 20 heavy (non-hydrogen) atoms. The molecule has 0 unspecified atom stereocenters. The van der Waals surface area contributed by atoms with Gasteiger partial charge in [0, 0.05) is 0 Å². The van der Waals surface area contributed by atoms with E-state index in [1.165, 1.54) is 18.4 Å². The van der Waals surface area contributed by atoms with E-state index in [1.54, 1.807) is 25.1 Å². The first-order valence-electron chi connectivity index (χ1n) is 6.00. The summed E-state index contributed by atoms with van der Waals surface area (Å²) in [6.45, 7) is 1.98. The number of carbonyl (C=O) groups excluding carboxylic acids is 1. The van der Waals surface area contributed by atoms with Crippen molar-refractivity contribution in [2.24, 2.45) is 0 Å². The monoisotopic (exact) mass is 341 g/mol. The van der Waals surface area contributed by atoms with E-state index in [1.807, 2.05) is 0 Å². The highest BCUT2D eigenvalue weighted by Gasteiger charge is 2.15. The predicted octanol–water partition coefficient (Wildman–Crippen LogP) is 3.38. The van der Waals surface area contributed by atoms with E-state index in [4.69, 9.17) is 9.15 Å². The van der Waals surface area contributed by atoms with Gasteiger partial charge in [-0.15, -0.1) is 0 Å². The van der Waals surface area contributed by atoms with Gasteiger partial charge in [-0.1, -0.05) is 12.1 Å². The van der Waals surface area contributed by atoms with Gasteiger partial charge in [-0.2, -0.15) is 0 Å². The van der Waals surface area contributed by atoms with Crippen molar-refractivity contribution in [3.63, 3.8) is 0 Å². The Bertz CT molecular complexity index is 600. The van der Waals surface area contributed by atoms with Crippen molar-refractivity contribution in [1.29, 1.82) is 0 Å². The molecule has 0 fully saturated rings. The number of halogens is 2. The Morgan fingerprint density at radius 3 is 2.85 bits per heavy atom. The molecule has 4 nitrogen and oxygen atoms in total. The van der Waals surface area contributed by atoms with Crippen molar-refractivity contribution in [2.75, 3.05) is 6.54 Å². The van der Waals surface area contributed by atoms with Crippen molar-refractivity contribution in [1.82, 2.24) is 5.32 Å². The number of rotatable bonds is 5. The summed E-state index contributed by atoms with van der Waals surface area (Å²) in [5, 5.41) is 2.66. The molecule has 1 heterocycles. The molecule has 0 radical (unpaired) electrons. The van der Waals surface area contributed by atoms with E-state index >= 15 is 0 Å². The normalized spacial score (nSPS) is 11.9. The second-order valence-electron chi connectivity index (χ2n) is 4.17. The van der Waals surface area contributed by atoms with Gasteiger partial charge in [-0.05, 0) is 41.1 Å². The van der Waals surface area contributed by atoms with Crippen LogP contribution >= 0.6 is 15.9 Å². The molecule has 1 aromatic heterocycles. The maximum absolute atomic E-state index is 13.4. The minimum atomic E-state index is -0.431. The van der Waals surface area contributed by atoms with Gasteiger partial charge in [0.05, 0.1) is 17.3 Å². The molecule has 2 aromatic rings. The summed E-state index contributed by atoms with van der Waals surface area (Å²) in [6.07, 6.45) is 1.04. The van der Waals surface area contributed by atoms with Gasteiger partial charge >= 0.3 is 0 Å². The molecule has 0 spiro atoms. The van der Waals surface area contributed by atoms with Crippen LogP contribution in [-0.4, -0.2) is 18.6 Å². The Morgan fingerprint density at radius 1 is 1.45 bits per heavy atom. The summed E-state index contributed by atoms with van der Waals surface area (Å²) in [5.74, 6) is -0.429. The molecule has 0 saturated carbocycles. The van der Waals surface area contributed by atoms with Crippen molar-refractivity contribution < 1.29 is 18.3 Å². The SMILES string of the molecule is C[C@@H](CNC(=O)c1occc1Br)Oc1ccccc1F. The summed E-state index contributed by atoms with van der Waals surface area (Å²) < 4.78 is 24.4. The third kappa shape index (κ3) is 3.60. The maximum Gasteiger partial charge on any atom is 0.288 e. The van der Waals surface area contributed by atoms with E-state index in [0.717, 1.165) is 0 Å². The maximum atomic E-state index is 13.4. The van der Waals surface area contributed by atoms with Crippen LogP contribution in [0, 0.1) is 5.82 Å². The van der Waals surface area contributed by atoms with Crippen LogP contribution in [0.2, 0.25) is 0 Å². The molecule has 0 bridgehead atoms. The molecular formula is C14H13BrFNO3. The molecule has 6 heteroatoms. The van der Waals surface area contributed by atoms with Crippen LogP contribution in [0.5, 0.6) is 5.75 Å². The fourth-order valence-electron chi connectivity index (χ4n) is 1.57. The van der Waals surface area contributed by atoms with Crippen LogP contribution in [0.3, 0.4) is 0 Å². The fraction of sp³-hybridized carbons (Fsp3) is 0.214. The van der Waals surface area contributed by atoms with Gasteiger partial charge < -0.3 is 14.5 Å². The summed E-state index contributed by atoms with van der Waals surface area (Å²) in [7, 11) is 0. The third-order valence-corrected chi connectivity index (χ3v) is 3.16. The lowest BCUT2D eigenvalue weighted by atomic mass is 10.3. The van der Waals surface area contributed by atoms with Gasteiger partial charge in [0.25, 0.3) is 5.91 Å². The minimum Gasteiger partial charge on any atom is -0.486 e. The van der Waals surface area contributed by atoms with Crippen LogP contribution in [0.1, 0.15) is 17.5 Å². The first kappa shape index (κ1) is 14.6. The third-order valence-electron chi connectivity index (χ3n) is 2.54.